The molecule has 2 aromatic heterocycles. The molecular weight excluding hydrogens is 873 g/mol. The molecule has 3 heterocycles. The zero-order valence-electron chi connectivity index (χ0n) is 46.0. The predicted octanol–water partition coefficient (Wildman–Crippen LogP) is 19.5. The molecule has 0 unspecified atom stereocenters. The van der Waals surface area contributed by atoms with Crippen LogP contribution in [0.15, 0.2) is 118 Å². The maximum Gasteiger partial charge on any atom is 0.171 e. The Balaban J connectivity index is 0.000000342. The molecule has 0 radical (unpaired) electrons. The summed E-state index contributed by atoms with van der Waals surface area (Å²) in [5, 5.41) is 17.6. The number of benzene rings is 2. The van der Waals surface area contributed by atoms with Gasteiger partial charge in [0.05, 0.1) is 22.7 Å². The van der Waals surface area contributed by atoms with Gasteiger partial charge in [0.2, 0.25) is 0 Å². The van der Waals surface area contributed by atoms with Crippen molar-refractivity contribution in [3.05, 3.63) is 97.6 Å². The lowest BCUT2D eigenvalue weighted by atomic mass is 10.1. The second kappa shape index (κ2) is 43.1. The van der Waals surface area contributed by atoms with Crippen molar-refractivity contribution in [2.24, 2.45) is 20.5 Å². The number of hydrogen-bond donors (Lipinski definition) is 0. The summed E-state index contributed by atoms with van der Waals surface area (Å²) in [6.07, 6.45) is 44.9. The van der Waals surface area contributed by atoms with Crippen LogP contribution in [0.2, 0.25) is 0 Å². The van der Waals surface area contributed by atoms with Gasteiger partial charge in [-0.25, -0.2) is 4.57 Å². The summed E-state index contributed by atoms with van der Waals surface area (Å²) in [6.45, 7) is 19.0. The average Bonchev–Trinajstić information content (AvgIpc) is 4.02. The van der Waals surface area contributed by atoms with Gasteiger partial charge in [0.1, 0.15) is 6.54 Å². The maximum absolute atomic E-state index is 4.94. The normalized spacial score (nSPS) is 12.2. The first-order valence-corrected chi connectivity index (χ1v) is 29.1. The first-order valence-electron chi connectivity index (χ1n) is 29.1. The van der Waals surface area contributed by atoms with Crippen LogP contribution < -0.4 is 14.4 Å². The second-order valence-electron chi connectivity index (χ2n) is 19.7. The summed E-state index contributed by atoms with van der Waals surface area (Å²) in [4.78, 5) is 9.18. The van der Waals surface area contributed by atoms with E-state index < -0.39 is 0 Å². The number of aromatic nitrogens is 2. The first-order chi connectivity index (χ1) is 35.1. The fourth-order valence-electron chi connectivity index (χ4n) is 8.69. The molecule has 0 saturated carbocycles. The van der Waals surface area contributed by atoms with Crippen molar-refractivity contribution in [2.75, 3.05) is 49.2 Å². The van der Waals surface area contributed by atoms with Crippen molar-refractivity contribution in [1.29, 1.82) is 0 Å². The average molecular weight is 975 g/mol. The van der Waals surface area contributed by atoms with E-state index in [1.807, 2.05) is 24.3 Å². The molecule has 9 heteroatoms. The highest BCUT2D eigenvalue weighted by Gasteiger charge is 2.09. The van der Waals surface area contributed by atoms with Crippen LogP contribution in [-0.4, -0.2) is 44.4 Å². The Morgan fingerprint density at radius 3 is 1.01 bits per heavy atom. The molecule has 0 aliphatic carbocycles. The van der Waals surface area contributed by atoms with E-state index in [0.29, 0.717) is 0 Å². The van der Waals surface area contributed by atoms with E-state index in [1.54, 1.807) is 12.4 Å². The molecular formula is C62H101N8O+. The Bertz CT molecular complexity index is 1790. The van der Waals surface area contributed by atoms with E-state index in [-0.39, 0.29) is 0 Å². The highest BCUT2D eigenvalue weighted by molar-refractivity contribution is 5.54. The van der Waals surface area contributed by atoms with Crippen LogP contribution in [0.5, 0.6) is 0 Å². The number of nitrogens with zero attached hydrogens (tertiary/aromatic N) is 8. The summed E-state index contributed by atoms with van der Waals surface area (Å²) >= 11 is 0. The lowest BCUT2D eigenvalue weighted by Gasteiger charge is -2.25. The van der Waals surface area contributed by atoms with Gasteiger partial charge < -0.3 is 14.5 Å². The zero-order chi connectivity index (χ0) is 50.5. The minimum Gasteiger partial charge on any atom is -0.381 e. The second-order valence-corrected chi connectivity index (χ2v) is 19.7. The van der Waals surface area contributed by atoms with E-state index in [0.717, 1.165) is 68.7 Å². The fraction of sp³-hybridized carbons (Fsp3) is 0.645. The molecule has 2 aromatic carbocycles. The molecule has 0 atom stereocenters. The van der Waals surface area contributed by atoms with Crippen molar-refractivity contribution < 1.29 is 9.30 Å². The van der Waals surface area contributed by atoms with E-state index in [9.17, 15) is 0 Å². The molecule has 4 aromatic rings. The van der Waals surface area contributed by atoms with Crippen LogP contribution >= 0.6 is 0 Å². The van der Waals surface area contributed by atoms with Crippen molar-refractivity contribution in [2.45, 2.75) is 221 Å². The molecule has 0 amide bonds. The van der Waals surface area contributed by atoms with Crippen LogP contribution in [0.25, 0.3) is 0 Å². The fourth-order valence-corrected chi connectivity index (χ4v) is 8.69. The zero-order valence-corrected chi connectivity index (χ0v) is 46.0. The monoisotopic (exact) mass is 974 g/mol. The Hall–Kier alpha value is -4.50. The number of anilines is 2. The van der Waals surface area contributed by atoms with Gasteiger partial charge in [-0.05, 0) is 99.2 Å². The number of rotatable bonds is 37. The van der Waals surface area contributed by atoms with Crippen LogP contribution in [0, 0.1) is 0 Å². The number of ether oxygens (including phenoxy) is 1. The van der Waals surface area contributed by atoms with Gasteiger partial charge in [-0.2, -0.15) is 20.5 Å². The number of azo groups is 2. The van der Waals surface area contributed by atoms with Gasteiger partial charge >= 0.3 is 0 Å². The molecule has 9 nitrogen and oxygen atoms in total. The Labute approximate surface area is 434 Å². The molecule has 0 bridgehead atoms. The van der Waals surface area contributed by atoms with Crippen molar-refractivity contribution in [1.82, 2.24) is 4.98 Å². The van der Waals surface area contributed by atoms with Gasteiger partial charge in [0.25, 0.3) is 0 Å². The summed E-state index contributed by atoms with van der Waals surface area (Å²) in [5.74, 6) is 0. The van der Waals surface area contributed by atoms with Gasteiger partial charge in [-0.15, -0.1) is 0 Å². The van der Waals surface area contributed by atoms with Crippen molar-refractivity contribution >= 4 is 34.1 Å². The molecule has 1 aliphatic heterocycles. The van der Waals surface area contributed by atoms with Gasteiger partial charge in [0.15, 0.2) is 12.4 Å². The largest absolute Gasteiger partial charge is 0.381 e. The van der Waals surface area contributed by atoms with Crippen molar-refractivity contribution in [3.63, 3.8) is 0 Å². The Morgan fingerprint density at radius 2 is 0.690 bits per heavy atom. The molecule has 71 heavy (non-hydrogen) atoms. The quantitative estimate of drug-likeness (QED) is 0.0256. The standard InChI is InChI=1S/C31H51N4.C27H42N4.C4H8O/c1-4-7-10-12-14-16-25-35(26-17-15-13-11-8-5-2)31-20-18-29(19-21-31)32-33-30-22-27-34(28-23-30)24-9-6-3;1-3-5-7-9-11-13-23-31(24-14-12-10-8-6-4-2)27-17-15-25(16-18-27)29-30-26-19-21-28-22-20-26;1-2-4-5-3-1/h18-23,27-28H,4-17,24-26H2,1-3H3;15-22H,3-14,23-24H2,1-2H3;1-4H2/q+1;;. The topological polar surface area (TPSA) is 81.9 Å². The molecule has 0 N–H and O–H groups in total. The number of unbranched alkanes of at least 4 members (excludes halogenated alkanes) is 21. The van der Waals surface area contributed by atoms with Gasteiger partial charge in [0, 0.05) is 81.7 Å². The lowest BCUT2D eigenvalue weighted by molar-refractivity contribution is -0.697. The number of pyridine rings is 2. The third-order valence-corrected chi connectivity index (χ3v) is 13.3. The van der Waals surface area contributed by atoms with E-state index in [2.05, 4.69) is 135 Å². The summed E-state index contributed by atoms with van der Waals surface area (Å²) < 4.78 is 7.15. The third kappa shape index (κ3) is 30.9. The predicted molar refractivity (Wildman–Crippen MR) is 305 cm³/mol. The summed E-state index contributed by atoms with van der Waals surface area (Å²) in [6, 6.07) is 25.0. The lowest BCUT2D eigenvalue weighted by Crippen LogP contribution is -2.31. The van der Waals surface area contributed by atoms with E-state index >= 15 is 0 Å². The highest BCUT2D eigenvalue weighted by Crippen LogP contribution is 2.25. The molecule has 1 fully saturated rings. The van der Waals surface area contributed by atoms with Crippen LogP contribution in [0.3, 0.4) is 0 Å². The maximum atomic E-state index is 4.94. The van der Waals surface area contributed by atoms with Gasteiger partial charge in [-0.1, -0.05) is 169 Å². The Morgan fingerprint density at radius 1 is 0.380 bits per heavy atom. The molecule has 1 aliphatic rings. The molecule has 394 valence electrons. The minimum atomic E-state index is 0.826. The number of aryl methyl sites for hydroxylation is 1. The summed E-state index contributed by atoms with van der Waals surface area (Å²) in [7, 11) is 0. The number of hydrogen-bond acceptors (Lipinski definition) is 8. The molecule has 1 saturated heterocycles. The smallest absolute Gasteiger partial charge is 0.171 e. The van der Waals surface area contributed by atoms with E-state index in [4.69, 9.17) is 4.74 Å². The Kier molecular flexibility index (Phi) is 36.9. The van der Waals surface area contributed by atoms with Gasteiger partial charge in [-0.3, -0.25) is 4.98 Å². The third-order valence-electron chi connectivity index (χ3n) is 13.3. The van der Waals surface area contributed by atoms with Crippen molar-refractivity contribution in [3.8, 4) is 0 Å². The molecule has 0 spiro atoms. The summed E-state index contributed by atoms with van der Waals surface area (Å²) in [5.41, 5.74) is 6.16. The van der Waals surface area contributed by atoms with Crippen LogP contribution in [0.1, 0.15) is 214 Å². The van der Waals surface area contributed by atoms with Crippen LogP contribution in [-0.2, 0) is 11.3 Å². The molecule has 5 rings (SSSR count). The van der Waals surface area contributed by atoms with E-state index in [1.165, 1.54) is 191 Å². The first kappa shape index (κ1) is 60.8. The van der Waals surface area contributed by atoms with Crippen LogP contribution in [0.4, 0.5) is 34.1 Å². The minimum absolute atomic E-state index is 0.826. The SMILES string of the molecule is C1CCOC1.CCCCCCCCN(CCCCCCCC)c1ccc(N=Nc2cc[n+](CCCC)cc2)cc1.CCCCCCCCN(CCCCCCCC)c1ccc(N=Nc2ccncc2)cc1. The highest BCUT2D eigenvalue weighted by atomic mass is 16.5.